The van der Waals surface area contributed by atoms with Crippen molar-refractivity contribution >= 4 is 13.3 Å². The monoisotopic (exact) mass is 950 g/mol. The van der Waals surface area contributed by atoms with Crippen molar-refractivity contribution < 1.29 is 158 Å². The third-order valence-electron chi connectivity index (χ3n) is 6.46. The molecule has 0 heterocycles. The predicted molar refractivity (Wildman–Crippen MR) is 89.3 cm³/mol. The summed E-state index contributed by atoms with van der Waals surface area (Å²) in [6.07, 6.45) is -36.9. The molecule has 0 spiro atoms. The molecule has 0 rings (SSSR count). The van der Waals surface area contributed by atoms with E-state index in [1.807, 2.05) is 0 Å². The first kappa shape index (κ1) is 51.0. The Morgan fingerprint density at radius 3 is 0.321 bits per heavy atom. The fourth-order valence-corrected chi connectivity index (χ4v) is 13.9. The van der Waals surface area contributed by atoms with Gasteiger partial charge in [0.15, 0.2) is 0 Å². The second kappa shape index (κ2) is 12.0. The van der Waals surface area contributed by atoms with Gasteiger partial charge < -0.3 is 0 Å². The average Bonchev–Trinajstić information content (AvgIpc) is 2.84. The molecule has 320 valence electrons. The topological polar surface area (TPSA) is 0 Å². The van der Waals surface area contributed by atoms with Gasteiger partial charge in [0.2, 0.25) is 0 Å². The van der Waals surface area contributed by atoms with Gasteiger partial charge in [-0.2, -0.15) is 0 Å². The second-order valence-electron chi connectivity index (χ2n) is 9.63. The average molecular weight is 949 g/mol. The molecule has 0 aliphatic heterocycles. The van der Waals surface area contributed by atoms with E-state index in [1.165, 1.54) is 0 Å². The molecular weight excluding hydrogens is 949 g/mol. The van der Waals surface area contributed by atoms with Crippen LogP contribution in [0.1, 0.15) is 0 Å². The fourth-order valence-electron chi connectivity index (χ4n) is 3.63. The Hall–Kier alpha value is -1.98. The Labute approximate surface area is 263 Å². The fraction of sp³-hybridized carbons (Fsp3) is 1.00. The maximum absolute atomic E-state index is 16.2. The molecule has 0 N–H and O–H groups in total. The van der Waals surface area contributed by atoms with E-state index in [4.69, 9.17) is 0 Å². The molecular formula is C16F36Ge. The van der Waals surface area contributed by atoms with Crippen LogP contribution < -0.4 is 0 Å². The molecule has 0 unspecified atom stereocenters. The van der Waals surface area contributed by atoms with Crippen LogP contribution in [0.25, 0.3) is 0 Å². The molecule has 0 nitrogen and oxygen atoms in total. The molecule has 0 bridgehead atoms. The SMILES string of the molecule is FC(F)(F)C(F)(F)C(F)(F)[C](F)(F)[Ge]([C](F)(F)C(F)(F)C(F)(F)C(F)(F)F)([C](F)(F)C(F)(F)C(F)(F)C(F)(F)F)[C](F)(F)C(F)(F)C(F)(F)C(F)(F)F. The van der Waals surface area contributed by atoms with Crippen molar-refractivity contribution in [3.8, 4) is 0 Å². The molecule has 0 atom stereocenters. The normalized spacial score (nSPS) is 17.4. The van der Waals surface area contributed by atoms with Gasteiger partial charge in [0.25, 0.3) is 0 Å². The number of hydrogen-bond donors (Lipinski definition) is 0. The molecule has 0 aliphatic rings. The van der Waals surface area contributed by atoms with Crippen LogP contribution in [0, 0.1) is 0 Å². The van der Waals surface area contributed by atoms with Crippen molar-refractivity contribution in [3.63, 3.8) is 0 Å². The van der Waals surface area contributed by atoms with Gasteiger partial charge in [0, 0.05) is 0 Å². The Morgan fingerprint density at radius 2 is 0.245 bits per heavy atom. The van der Waals surface area contributed by atoms with Gasteiger partial charge in [-0.15, -0.1) is 0 Å². The Morgan fingerprint density at radius 1 is 0.151 bits per heavy atom. The molecule has 0 aromatic carbocycles. The third kappa shape index (κ3) is 5.72. The number of rotatable bonds is 12. The predicted octanol–water partition coefficient (Wildman–Crippen LogP) is 11.5. The van der Waals surface area contributed by atoms with Gasteiger partial charge >= 0.3 is 262 Å². The summed E-state index contributed by atoms with van der Waals surface area (Å²) in [5, 5.41) is 0. The summed E-state index contributed by atoms with van der Waals surface area (Å²) in [6.45, 7) is 0. The molecule has 0 aromatic rings. The summed E-state index contributed by atoms with van der Waals surface area (Å²) in [6, 6.07) is 0. The summed E-state index contributed by atoms with van der Waals surface area (Å²) in [7, 11) is 0. The van der Waals surface area contributed by atoms with Crippen LogP contribution in [-0.2, 0) is 0 Å². The van der Waals surface area contributed by atoms with Crippen molar-refractivity contribution in [1.29, 1.82) is 0 Å². The van der Waals surface area contributed by atoms with Crippen LogP contribution in [0.4, 0.5) is 158 Å². The van der Waals surface area contributed by atoms with Crippen molar-refractivity contribution in [2.45, 2.75) is 91.1 Å². The van der Waals surface area contributed by atoms with Crippen LogP contribution in [-0.4, -0.2) is 104 Å². The van der Waals surface area contributed by atoms with Gasteiger partial charge in [0.1, 0.15) is 0 Å². The molecule has 0 radical (unpaired) electrons. The van der Waals surface area contributed by atoms with E-state index in [-0.39, 0.29) is 0 Å². The molecule has 0 saturated carbocycles. The van der Waals surface area contributed by atoms with Crippen molar-refractivity contribution in [3.05, 3.63) is 0 Å². The Balaban J connectivity index is 10.4. The molecule has 0 aliphatic carbocycles. The van der Waals surface area contributed by atoms with Crippen molar-refractivity contribution in [2.75, 3.05) is 0 Å². The van der Waals surface area contributed by atoms with E-state index in [9.17, 15) is 123 Å². The third-order valence-corrected chi connectivity index (χ3v) is 17.0. The quantitative estimate of drug-likeness (QED) is 0.135. The van der Waals surface area contributed by atoms with E-state index in [0.29, 0.717) is 0 Å². The first-order chi connectivity index (χ1) is 22.0. The zero-order valence-electron chi connectivity index (χ0n) is 22.1. The Kier molecular flexibility index (Phi) is 11.6. The minimum atomic E-state index is -16.2. The number of halogens is 36. The van der Waals surface area contributed by atoms with Crippen LogP contribution in [0.5, 0.6) is 0 Å². The van der Waals surface area contributed by atoms with Crippen LogP contribution in [0.15, 0.2) is 0 Å². The van der Waals surface area contributed by atoms with Gasteiger partial charge in [-0.25, -0.2) is 0 Å². The number of hydrogen-bond acceptors (Lipinski definition) is 0. The van der Waals surface area contributed by atoms with Crippen LogP contribution in [0.3, 0.4) is 0 Å². The second-order valence-corrected chi connectivity index (χ2v) is 18.1. The van der Waals surface area contributed by atoms with E-state index in [2.05, 4.69) is 0 Å². The van der Waals surface area contributed by atoms with Gasteiger partial charge in [-0.1, -0.05) is 0 Å². The molecule has 0 amide bonds. The summed E-state index contributed by atoms with van der Waals surface area (Å²) in [5.74, 6) is -83.3. The summed E-state index contributed by atoms with van der Waals surface area (Å²) in [4.78, 5) is 0. The molecule has 0 fully saturated rings. The van der Waals surface area contributed by atoms with E-state index in [1.54, 1.807) is 0 Å². The molecule has 37 heteroatoms. The summed E-state index contributed by atoms with van der Waals surface area (Å²) in [5.41, 5.74) is 0. The minimum absolute atomic E-state index is 9.23. The van der Waals surface area contributed by atoms with Gasteiger partial charge in [0.05, 0.1) is 0 Å². The van der Waals surface area contributed by atoms with Crippen LogP contribution >= 0.6 is 0 Å². The molecule has 0 saturated heterocycles. The van der Waals surface area contributed by atoms with E-state index < -0.39 is 104 Å². The molecule has 53 heavy (non-hydrogen) atoms. The van der Waals surface area contributed by atoms with E-state index in [0.717, 1.165) is 0 Å². The standard InChI is InChI=1S/C16F36Ge/c17-1(18,9(33,34)35)5(25,26)13(45,46)53(14(47,48)6(27,28)2(19,20)10(36,37)38,15(49,50)7(29,30)3(21,22)11(39,40)41)16(51,52)8(31,32)4(23,24)12(42,43)44. The molecule has 0 aromatic heterocycles. The summed E-state index contributed by atoms with van der Waals surface area (Å²) >= 11 is -16.2. The summed E-state index contributed by atoms with van der Waals surface area (Å²) < 4.78 is 445. The first-order valence-electron chi connectivity index (χ1n) is 10.8. The van der Waals surface area contributed by atoms with E-state index >= 15 is 35.1 Å². The van der Waals surface area contributed by atoms with Crippen molar-refractivity contribution in [2.24, 2.45) is 0 Å². The van der Waals surface area contributed by atoms with Gasteiger partial charge in [-0.3, -0.25) is 0 Å². The van der Waals surface area contributed by atoms with Gasteiger partial charge in [-0.05, 0) is 0 Å². The van der Waals surface area contributed by atoms with Crippen molar-refractivity contribution in [1.82, 2.24) is 0 Å². The zero-order chi connectivity index (χ0) is 44.5. The number of alkyl halides is 36. The maximum atomic E-state index is 15.0. The van der Waals surface area contributed by atoms with Crippen LogP contribution in [0.2, 0.25) is 0 Å². The first-order valence-corrected chi connectivity index (χ1v) is 15.0. The zero-order valence-corrected chi connectivity index (χ0v) is 24.2. The Bertz CT molecular complexity index is 1120.